The van der Waals surface area contributed by atoms with E-state index in [1.807, 2.05) is 0 Å². The van der Waals surface area contributed by atoms with Crippen LogP contribution in [0.1, 0.15) is 27.6 Å². The summed E-state index contributed by atoms with van der Waals surface area (Å²) in [4.78, 5) is 36.1. The van der Waals surface area contributed by atoms with E-state index in [2.05, 4.69) is 5.32 Å². The second-order valence-electron chi connectivity index (χ2n) is 6.85. The third kappa shape index (κ3) is 5.83. The van der Waals surface area contributed by atoms with Gasteiger partial charge in [0.25, 0.3) is 21.8 Å². The molecule has 0 radical (unpaired) electrons. The number of nitrogens with one attached hydrogen (secondary N) is 1. The average Bonchev–Trinajstić information content (AvgIpc) is 2.84. The van der Waals surface area contributed by atoms with Gasteiger partial charge in [-0.15, -0.1) is 0 Å². The van der Waals surface area contributed by atoms with Gasteiger partial charge in [-0.25, -0.2) is 13.2 Å². The number of nitrogens with zero attached hydrogens (tertiary/aromatic N) is 1. The highest BCUT2D eigenvalue weighted by atomic mass is 32.2. The Bertz CT molecular complexity index is 1230. The van der Waals surface area contributed by atoms with Crippen LogP contribution in [0.4, 0.5) is 5.69 Å². The van der Waals surface area contributed by atoms with Gasteiger partial charge in [0.1, 0.15) is 0 Å². The first kappa shape index (κ1) is 23.7. The summed E-state index contributed by atoms with van der Waals surface area (Å²) in [5.41, 5.74) is 0.893. The van der Waals surface area contributed by atoms with E-state index in [-0.39, 0.29) is 17.0 Å². The predicted octanol–water partition coefficient (Wildman–Crippen LogP) is 3.02. The van der Waals surface area contributed by atoms with Gasteiger partial charge >= 0.3 is 5.97 Å². The molecule has 9 heteroatoms. The predicted molar refractivity (Wildman–Crippen MR) is 122 cm³/mol. The Balaban J connectivity index is 1.61. The molecule has 1 N–H and O–H groups in total. The molecule has 0 heterocycles. The van der Waals surface area contributed by atoms with Crippen molar-refractivity contribution < 1.29 is 27.5 Å². The molecule has 3 rings (SSSR count). The zero-order valence-corrected chi connectivity index (χ0v) is 18.6. The number of anilines is 1. The maximum absolute atomic E-state index is 13.0. The van der Waals surface area contributed by atoms with Crippen molar-refractivity contribution in [1.29, 1.82) is 0 Å². The summed E-state index contributed by atoms with van der Waals surface area (Å²) in [6.07, 6.45) is 0. The fraction of sp³-hybridized carbons (Fsp3) is 0.125. The van der Waals surface area contributed by atoms with Crippen LogP contribution in [-0.2, 0) is 19.6 Å². The number of hydrogen-bond acceptors (Lipinski definition) is 6. The number of rotatable bonds is 8. The Hall–Kier alpha value is -3.98. The van der Waals surface area contributed by atoms with Crippen molar-refractivity contribution in [3.8, 4) is 0 Å². The van der Waals surface area contributed by atoms with Crippen LogP contribution in [0.5, 0.6) is 0 Å². The SMILES string of the molecule is CCN(c1ccccc1)S(=O)(=O)c1ccc(C(=O)OCC(=O)NC(=O)c2ccccc2)cc1. The highest BCUT2D eigenvalue weighted by Crippen LogP contribution is 2.23. The average molecular weight is 467 g/mol. The number of benzene rings is 3. The van der Waals surface area contributed by atoms with E-state index in [1.54, 1.807) is 67.6 Å². The number of carbonyl (C=O) groups excluding carboxylic acids is 3. The second-order valence-corrected chi connectivity index (χ2v) is 8.71. The molecule has 8 nitrogen and oxygen atoms in total. The fourth-order valence-electron chi connectivity index (χ4n) is 3.01. The van der Waals surface area contributed by atoms with Crippen LogP contribution in [0.2, 0.25) is 0 Å². The van der Waals surface area contributed by atoms with Crippen LogP contribution in [-0.4, -0.2) is 39.4 Å². The van der Waals surface area contributed by atoms with Crippen molar-refractivity contribution in [2.45, 2.75) is 11.8 Å². The number of esters is 1. The lowest BCUT2D eigenvalue weighted by Crippen LogP contribution is -2.34. The van der Waals surface area contributed by atoms with Gasteiger partial charge in [0, 0.05) is 12.1 Å². The third-order valence-corrected chi connectivity index (χ3v) is 6.55. The Morgan fingerprint density at radius 3 is 1.97 bits per heavy atom. The van der Waals surface area contributed by atoms with Crippen LogP contribution in [0.15, 0.2) is 89.8 Å². The molecule has 0 fully saturated rings. The van der Waals surface area contributed by atoms with Crippen LogP contribution in [0.3, 0.4) is 0 Å². The molecule has 0 aliphatic rings. The van der Waals surface area contributed by atoms with Crippen LogP contribution in [0.25, 0.3) is 0 Å². The summed E-state index contributed by atoms with van der Waals surface area (Å²) in [5.74, 6) is -2.21. The van der Waals surface area contributed by atoms with Gasteiger partial charge in [0.15, 0.2) is 6.61 Å². The lowest BCUT2D eigenvalue weighted by molar-refractivity contribution is -0.123. The highest BCUT2D eigenvalue weighted by Gasteiger charge is 2.24. The summed E-state index contributed by atoms with van der Waals surface area (Å²) >= 11 is 0. The molecule has 3 aromatic carbocycles. The van der Waals surface area contributed by atoms with E-state index < -0.39 is 34.4 Å². The normalized spacial score (nSPS) is 10.8. The minimum Gasteiger partial charge on any atom is -0.452 e. The van der Waals surface area contributed by atoms with Crippen LogP contribution >= 0.6 is 0 Å². The van der Waals surface area contributed by atoms with Crippen LogP contribution < -0.4 is 9.62 Å². The summed E-state index contributed by atoms with van der Waals surface area (Å²) < 4.78 is 32.2. The Morgan fingerprint density at radius 2 is 1.39 bits per heavy atom. The van der Waals surface area contributed by atoms with E-state index in [0.29, 0.717) is 11.3 Å². The summed E-state index contributed by atoms with van der Waals surface area (Å²) in [6, 6.07) is 22.0. The molecule has 3 aromatic rings. The highest BCUT2D eigenvalue weighted by molar-refractivity contribution is 7.92. The molecule has 0 aliphatic heterocycles. The molecule has 0 unspecified atom stereocenters. The number of sulfonamides is 1. The standard InChI is InChI=1S/C24H22N2O6S/c1-2-26(20-11-7-4-8-12-20)33(30,31)21-15-13-19(14-16-21)24(29)32-17-22(27)25-23(28)18-9-5-3-6-10-18/h3-16H,2,17H2,1H3,(H,25,27,28). The largest absolute Gasteiger partial charge is 0.452 e. The number of para-hydroxylation sites is 1. The Labute approximate surface area is 191 Å². The van der Waals surface area contributed by atoms with Gasteiger partial charge in [-0.05, 0) is 55.5 Å². The third-order valence-electron chi connectivity index (χ3n) is 4.63. The molecule has 33 heavy (non-hydrogen) atoms. The molecule has 0 saturated carbocycles. The second kappa shape index (κ2) is 10.6. The molecule has 170 valence electrons. The minimum atomic E-state index is -3.83. The summed E-state index contributed by atoms with van der Waals surface area (Å²) in [7, 11) is -3.83. The molecule has 0 spiro atoms. The Morgan fingerprint density at radius 1 is 0.818 bits per heavy atom. The lowest BCUT2D eigenvalue weighted by Gasteiger charge is -2.22. The van der Waals surface area contributed by atoms with Gasteiger partial charge in [-0.2, -0.15) is 0 Å². The van der Waals surface area contributed by atoms with E-state index in [0.717, 1.165) is 0 Å². The van der Waals surface area contributed by atoms with E-state index in [9.17, 15) is 22.8 Å². The smallest absolute Gasteiger partial charge is 0.338 e. The van der Waals surface area contributed by atoms with Crippen molar-refractivity contribution in [2.24, 2.45) is 0 Å². The number of imide groups is 1. The van der Waals surface area contributed by atoms with E-state index in [4.69, 9.17) is 4.74 Å². The first-order valence-electron chi connectivity index (χ1n) is 10.1. The molecular weight excluding hydrogens is 444 g/mol. The molecular formula is C24H22N2O6S. The quantitative estimate of drug-likeness (QED) is 0.511. The van der Waals surface area contributed by atoms with Crippen molar-refractivity contribution >= 4 is 33.5 Å². The molecule has 0 saturated heterocycles. The summed E-state index contributed by atoms with van der Waals surface area (Å²) in [6.45, 7) is 1.30. The summed E-state index contributed by atoms with van der Waals surface area (Å²) in [5, 5.41) is 2.13. The first-order chi connectivity index (χ1) is 15.8. The number of hydrogen-bond donors (Lipinski definition) is 1. The fourth-order valence-corrected chi connectivity index (χ4v) is 4.49. The van der Waals surface area contributed by atoms with E-state index in [1.165, 1.54) is 28.6 Å². The number of ether oxygens (including phenoxy) is 1. The van der Waals surface area contributed by atoms with Crippen LogP contribution in [0, 0.1) is 0 Å². The molecule has 0 aliphatic carbocycles. The Kier molecular flexibility index (Phi) is 7.57. The van der Waals surface area contributed by atoms with Gasteiger partial charge in [-0.3, -0.25) is 19.2 Å². The van der Waals surface area contributed by atoms with Gasteiger partial charge in [0.05, 0.1) is 16.1 Å². The van der Waals surface area contributed by atoms with Crippen molar-refractivity contribution in [2.75, 3.05) is 17.5 Å². The molecule has 0 bridgehead atoms. The van der Waals surface area contributed by atoms with Gasteiger partial charge in [-0.1, -0.05) is 36.4 Å². The molecule has 0 aromatic heterocycles. The van der Waals surface area contributed by atoms with Crippen molar-refractivity contribution in [1.82, 2.24) is 5.32 Å². The van der Waals surface area contributed by atoms with Crippen molar-refractivity contribution in [3.05, 3.63) is 96.1 Å². The maximum atomic E-state index is 13.0. The first-order valence-corrected chi connectivity index (χ1v) is 11.5. The van der Waals surface area contributed by atoms with E-state index >= 15 is 0 Å². The maximum Gasteiger partial charge on any atom is 0.338 e. The molecule has 2 amide bonds. The topological polar surface area (TPSA) is 110 Å². The zero-order valence-electron chi connectivity index (χ0n) is 17.8. The minimum absolute atomic E-state index is 0.0101. The monoisotopic (exact) mass is 466 g/mol. The number of carbonyl (C=O) groups is 3. The lowest BCUT2D eigenvalue weighted by atomic mass is 10.2. The van der Waals surface area contributed by atoms with Crippen molar-refractivity contribution in [3.63, 3.8) is 0 Å². The van der Waals surface area contributed by atoms with Gasteiger partial charge in [0.2, 0.25) is 0 Å². The van der Waals surface area contributed by atoms with Gasteiger partial charge < -0.3 is 4.74 Å². The number of amides is 2. The zero-order chi connectivity index (χ0) is 23.8. The molecule has 0 atom stereocenters.